The van der Waals surface area contributed by atoms with Gasteiger partial charge in [0.05, 0.1) is 10.6 Å². The number of hydrogen-bond acceptors (Lipinski definition) is 4. The smallest absolute Gasteiger partial charge is 0.221 e. The summed E-state index contributed by atoms with van der Waals surface area (Å²) < 4.78 is 24.2. The number of likely N-dealkylation sites (tertiary alicyclic amines) is 1. The molecule has 0 aliphatic carbocycles. The lowest BCUT2D eigenvalue weighted by molar-refractivity contribution is -0.120. The van der Waals surface area contributed by atoms with Gasteiger partial charge in [0.15, 0.2) is 9.84 Å². The lowest BCUT2D eigenvalue weighted by Gasteiger charge is -2.23. The topological polar surface area (TPSA) is 66.5 Å². The predicted molar refractivity (Wildman–Crippen MR) is 86.4 cm³/mol. The number of sulfone groups is 1. The van der Waals surface area contributed by atoms with Gasteiger partial charge in [0, 0.05) is 19.0 Å². The van der Waals surface area contributed by atoms with Gasteiger partial charge in [0.1, 0.15) is 0 Å². The Morgan fingerprint density at radius 2 is 1.86 bits per heavy atom. The molecule has 2 rings (SSSR count). The first-order valence-corrected chi connectivity index (χ1v) is 9.43. The molecule has 0 bridgehead atoms. The standard InChI is InChI=1S/C16H24N2O3S/c1-14(18-10-5-6-11-18)13-17-16(19)9-12-22(20,21)15-7-3-2-4-8-15/h2-4,7-8,14H,5-6,9-13H2,1H3,(H,17,19). The van der Waals surface area contributed by atoms with Gasteiger partial charge in [-0.3, -0.25) is 9.69 Å². The third-order valence-corrected chi connectivity index (χ3v) is 5.79. The van der Waals surface area contributed by atoms with E-state index in [-0.39, 0.29) is 23.0 Å². The van der Waals surface area contributed by atoms with Gasteiger partial charge < -0.3 is 5.32 Å². The number of amides is 1. The van der Waals surface area contributed by atoms with Crippen molar-refractivity contribution in [2.45, 2.75) is 37.1 Å². The van der Waals surface area contributed by atoms with Crippen molar-refractivity contribution in [1.29, 1.82) is 0 Å². The maximum absolute atomic E-state index is 12.1. The van der Waals surface area contributed by atoms with Crippen LogP contribution in [0.5, 0.6) is 0 Å². The molecule has 0 radical (unpaired) electrons. The Hall–Kier alpha value is -1.40. The normalized spacial score (nSPS) is 17.3. The minimum Gasteiger partial charge on any atom is -0.355 e. The van der Waals surface area contributed by atoms with Crippen LogP contribution in [0.15, 0.2) is 35.2 Å². The molecule has 1 aromatic rings. The summed E-state index contributed by atoms with van der Waals surface area (Å²) in [6.07, 6.45) is 2.44. The van der Waals surface area contributed by atoms with E-state index in [0.29, 0.717) is 12.6 Å². The number of nitrogens with one attached hydrogen (secondary N) is 1. The van der Waals surface area contributed by atoms with Crippen molar-refractivity contribution in [2.75, 3.05) is 25.4 Å². The van der Waals surface area contributed by atoms with Crippen molar-refractivity contribution < 1.29 is 13.2 Å². The molecule has 5 nitrogen and oxygen atoms in total. The van der Waals surface area contributed by atoms with Crippen molar-refractivity contribution in [1.82, 2.24) is 10.2 Å². The lowest BCUT2D eigenvalue weighted by atomic mass is 10.3. The van der Waals surface area contributed by atoms with Crippen LogP contribution in [0.25, 0.3) is 0 Å². The summed E-state index contributed by atoms with van der Waals surface area (Å²) in [6, 6.07) is 8.56. The van der Waals surface area contributed by atoms with Crippen LogP contribution in [0.3, 0.4) is 0 Å². The largest absolute Gasteiger partial charge is 0.355 e. The van der Waals surface area contributed by atoms with Crippen LogP contribution in [-0.2, 0) is 14.6 Å². The summed E-state index contributed by atoms with van der Waals surface area (Å²) in [6.45, 7) is 4.83. The van der Waals surface area contributed by atoms with Crippen LogP contribution in [0.2, 0.25) is 0 Å². The average molecular weight is 324 g/mol. The molecule has 0 spiro atoms. The second kappa shape index (κ2) is 7.74. The average Bonchev–Trinajstić information content (AvgIpc) is 3.06. The molecule has 0 aromatic heterocycles. The second-order valence-corrected chi connectivity index (χ2v) is 7.89. The first kappa shape index (κ1) is 17.0. The van der Waals surface area contributed by atoms with E-state index in [9.17, 15) is 13.2 Å². The Balaban J connectivity index is 1.75. The summed E-state index contributed by atoms with van der Waals surface area (Å²) in [5.74, 6) is -0.355. The van der Waals surface area contributed by atoms with Gasteiger partial charge in [-0.1, -0.05) is 18.2 Å². The van der Waals surface area contributed by atoms with Crippen molar-refractivity contribution in [3.63, 3.8) is 0 Å². The Bertz CT molecular complexity index is 581. The van der Waals surface area contributed by atoms with E-state index in [1.165, 1.54) is 12.8 Å². The first-order valence-electron chi connectivity index (χ1n) is 7.77. The summed E-state index contributed by atoms with van der Waals surface area (Å²) in [4.78, 5) is 14.5. The zero-order chi connectivity index (χ0) is 16.0. The van der Waals surface area contributed by atoms with Crippen LogP contribution in [0, 0.1) is 0 Å². The third-order valence-electron chi connectivity index (χ3n) is 4.06. The molecule has 22 heavy (non-hydrogen) atoms. The molecule has 1 fully saturated rings. The number of rotatable bonds is 7. The van der Waals surface area contributed by atoms with E-state index >= 15 is 0 Å². The summed E-state index contributed by atoms with van der Waals surface area (Å²) >= 11 is 0. The van der Waals surface area contributed by atoms with E-state index < -0.39 is 9.84 Å². The van der Waals surface area contributed by atoms with E-state index in [0.717, 1.165) is 13.1 Å². The molecule has 1 saturated heterocycles. The zero-order valence-electron chi connectivity index (χ0n) is 13.0. The van der Waals surface area contributed by atoms with Gasteiger partial charge in [0.25, 0.3) is 0 Å². The van der Waals surface area contributed by atoms with Crippen molar-refractivity contribution in [3.8, 4) is 0 Å². The molecule has 0 saturated carbocycles. The summed E-state index contributed by atoms with van der Waals surface area (Å²) in [5, 5.41) is 2.84. The lowest BCUT2D eigenvalue weighted by Crippen LogP contribution is -2.41. The number of carbonyl (C=O) groups is 1. The van der Waals surface area contributed by atoms with E-state index in [2.05, 4.69) is 17.1 Å². The fourth-order valence-corrected chi connectivity index (χ4v) is 3.90. The van der Waals surface area contributed by atoms with Gasteiger partial charge in [0.2, 0.25) is 5.91 Å². The molecule has 1 aliphatic heterocycles. The highest BCUT2D eigenvalue weighted by atomic mass is 32.2. The molecule has 1 aromatic carbocycles. The number of nitrogens with zero attached hydrogens (tertiary/aromatic N) is 1. The van der Waals surface area contributed by atoms with Crippen LogP contribution >= 0.6 is 0 Å². The van der Waals surface area contributed by atoms with Crippen LogP contribution < -0.4 is 5.32 Å². The van der Waals surface area contributed by atoms with Crippen molar-refractivity contribution in [3.05, 3.63) is 30.3 Å². The van der Waals surface area contributed by atoms with Gasteiger partial charge >= 0.3 is 0 Å². The van der Waals surface area contributed by atoms with Crippen molar-refractivity contribution >= 4 is 15.7 Å². The van der Waals surface area contributed by atoms with E-state index in [1.807, 2.05) is 0 Å². The molecule has 1 N–H and O–H groups in total. The Morgan fingerprint density at radius 3 is 2.50 bits per heavy atom. The highest BCUT2D eigenvalue weighted by Gasteiger charge is 2.19. The van der Waals surface area contributed by atoms with Gasteiger partial charge in [-0.2, -0.15) is 0 Å². The molecule has 1 aliphatic rings. The molecule has 1 unspecified atom stereocenters. The van der Waals surface area contributed by atoms with Crippen LogP contribution in [0.1, 0.15) is 26.2 Å². The third kappa shape index (κ3) is 4.81. The Morgan fingerprint density at radius 1 is 1.23 bits per heavy atom. The monoisotopic (exact) mass is 324 g/mol. The minimum atomic E-state index is -3.38. The maximum Gasteiger partial charge on any atom is 0.221 e. The maximum atomic E-state index is 12.1. The fraction of sp³-hybridized carbons (Fsp3) is 0.562. The van der Waals surface area contributed by atoms with Gasteiger partial charge in [-0.15, -0.1) is 0 Å². The molecular weight excluding hydrogens is 300 g/mol. The SMILES string of the molecule is CC(CNC(=O)CCS(=O)(=O)c1ccccc1)N1CCCC1. The number of hydrogen-bond donors (Lipinski definition) is 1. The molecule has 1 heterocycles. The first-order chi connectivity index (χ1) is 10.5. The molecule has 1 atom stereocenters. The summed E-state index contributed by atoms with van der Waals surface area (Å²) in [7, 11) is -3.38. The quantitative estimate of drug-likeness (QED) is 0.824. The minimum absolute atomic E-state index is 0.00392. The highest BCUT2D eigenvalue weighted by Crippen LogP contribution is 2.12. The van der Waals surface area contributed by atoms with Gasteiger partial charge in [-0.05, 0) is 45.0 Å². The second-order valence-electron chi connectivity index (χ2n) is 5.78. The molecule has 1 amide bonds. The van der Waals surface area contributed by atoms with Crippen LogP contribution in [0.4, 0.5) is 0 Å². The number of carbonyl (C=O) groups excluding carboxylic acids is 1. The number of benzene rings is 1. The Labute approximate surface area is 132 Å². The zero-order valence-corrected chi connectivity index (χ0v) is 13.8. The highest BCUT2D eigenvalue weighted by molar-refractivity contribution is 7.91. The van der Waals surface area contributed by atoms with E-state index in [4.69, 9.17) is 0 Å². The predicted octanol–water partition coefficient (Wildman–Crippen LogP) is 1.45. The molecule has 122 valence electrons. The van der Waals surface area contributed by atoms with Crippen molar-refractivity contribution in [2.24, 2.45) is 0 Å². The Kier molecular flexibility index (Phi) is 5.97. The van der Waals surface area contributed by atoms with Crippen LogP contribution in [-0.4, -0.2) is 50.7 Å². The van der Waals surface area contributed by atoms with Gasteiger partial charge in [-0.25, -0.2) is 8.42 Å². The van der Waals surface area contributed by atoms with E-state index in [1.54, 1.807) is 30.3 Å². The summed E-state index contributed by atoms with van der Waals surface area (Å²) in [5.41, 5.74) is 0. The fourth-order valence-electron chi connectivity index (χ4n) is 2.63. The molecule has 6 heteroatoms. The molecular formula is C16H24N2O3S.